The van der Waals surface area contributed by atoms with Crippen LogP contribution in [0.25, 0.3) is 6.08 Å². The van der Waals surface area contributed by atoms with Gasteiger partial charge in [0.05, 0.1) is 0 Å². The second-order valence-corrected chi connectivity index (χ2v) is 3.76. The molecule has 0 radical (unpaired) electrons. The Labute approximate surface area is 107 Å². The van der Waals surface area contributed by atoms with E-state index in [9.17, 15) is 9.59 Å². The van der Waals surface area contributed by atoms with Crippen LogP contribution in [-0.4, -0.2) is 18.4 Å². The molecule has 1 N–H and O–H groups in total. The van der Waals surface area contributed by atoms with E-state index >= 15 is 0 Å². The number of carbonyl (C=O) groups is 2. The second kappa shape index (κ2) is 7.27. The number of carbonyl (C=O) groups excluding carboxylic acids is 2. The molecule has 4 heteroatoms. The minimum atomic E-state index is -0.383. The van der Waals surface area contributed by atoms with Crippen LogP contribution in [0, 0.1) is 0 Å². The third-order valence-electron chi connectivity index (χ3n) is 2.14. The molecular formula is C14H17NO3. The van der Waals surface area contributed by atoms with Gasteiger partial charge in [-0.2, -0.15) is 0 Å². The van der Waals surface area contributed by atoms with Crippen LogP contribution in [0.1, 0.15) is 25.8 Å². The lowest BCUT2D eigenvalue weighted by molar-refractivity contribution is -0.131. The molecule has 0 bridgehead atoms. The van der Waals surface area contributed by atoms with E-state index in [4.69, 9.17) is 4.74 Å². The molecule has 0 spiro atoms. The quantitative estimate of drug-likeness (QED) is 0.493. The van der Waals surface area contributed by atoms with Crippen molar-refractivity contribution in [1.82, 2.24) is 5.32 Å². The average Bonchev–Trinajstić information content (AvgIpc) is 2.34. The van der Waals surface area contributed by atoms with Crippen molar-refractivity contribution in [1.29, 1.82) is 0 Å². The standard InChI is InChI=1S/C14H17NO3/c1-3-10-15-14(17)9-8-12-6-4-5-7-13(12)18-11(2)16/h4-9H,3,10H2,1-2H3,(H,15,17)/b9-8-. The molecule has 0 heterocycles. The van der Waals surface area contributed by atoms with Gasteiger partial charge >= 0.3 is 5.97 Å². The predicted molar refractivity (Wildman–Crippen MR) is 70.1 cm³/mol. The molecular weight excluding hydrogens is 230 g/mol. The lowest BCUT2D eigenvalue weighted by Crippen LogP contribution is -2.21. The average molecular weight is 247 g/mol. The van der Waals surface area contributed by atoms with E-state index in [0.717, 1.165) is 6.42 Å². The molecule has 1 aromatic carbocycles. The molecule has 1 aromatic rings. The van der Waals surface area contributed by atoms with Crippen LogP contribution in [0.4, 0.5) is 0 Å². The highest BCUT2D eigenvalue weighted by Gasteiger charge is 2.03. The van der Waals surface area contributed by atoms with Gasteiger partial charge in [0.15, 0.2) is 0 Å². The number of esters is 1. The van der Waals surface area contributed by atoms with Crippen molar-refractivity contribution in [3.63, 3.8) is 0 Å². The van der Waals surface area contributed by atoms with E-state index in [1.54, 1.807) is 24.3 Å². The minimum absolute atomic E-state index is 0.158. The highest BCUT2D eigenvalue weighted by Crippen LogP contribution is 2.19. The SMILES string of the molecule is CCCNC(=O)/C=C\c1ccccc1OC(C)=O. The molecule has 18 heavy (non-hydrogen) atoms. The first-order valence-electron chi connectivity index (χ1n) is 5.87. The van der Waals surface area contributed by atoms with Crippen molar-refractivity contribution in [2.45, 2.75) is 20.3 Å². The van der Waals surface area contributed by atoms with Crippen LogP contribution in [-0.2, 0) is 9.59 Å². The topological polar surface area (TPSA) is 55.4 Å². The minimum Gasteiger partial charge on any atom is -0.426 e. The lowest BCUT2D eigenvalue weighted by Gasteiger charge is -2.04. The molecule has 0 saturated heterocycles. The van der Waals surface area contributed by atoms with Crippen molar-refractivity contribution >= 4 is 18.0 Å². The van der Waals surface area contributed by atoms with Gasteiger partial charge in [-0.25, -0.2) is 0 Å². The Balaban J connectivity index is 2.74. The number of benzene rings is 1. The van der Waals surface area contributed by atoms with Crippen molar-refractivity contribution in [3.8, 4) is 5.75 Å². The molecule has 96 valence electrons. The van der Waals surface area contributed by atoms with Crippen LogP contribution in [0.2, 0.25) is 0 Å². The summed E-state index contributed by atoms with van der Waals surface area (Å²) in [6.07, 6.45) is 3.95. The second-order valence-electron chi connectivity index (χ2n) is 3.76. The normalized spacial score (nSPS) is 10.3. The fourth-order valence-corrected chi connectivity index (χ4v) is 1.34. The summed E-state index contributed by atoms with van der Waals surface area (Å²) < 4.78 is 5.04. The lowest BCUT2D eigenvalue weighted by atomic mass is 10.2. The Morgan fingerprint density at radius 2 is 2.06 bits per heavy atom. The molecule has 1 rings (SSSR count). The summed E-state index contributed by atoms with van der Waals surface area (Å²) >= 11 is 0. The molecule has 0 aliphatic rings. The smallest absolute Gasteiger partial charge is 0.308 e. The van der Waals surface area contributed by atoms with Gasteiger partial charge in [0.25, 0.3) is 0 Å². The molecule has 4 nitrogen and oxygen atoms in total. The number of nitrogens with one attached hydrogen (secondary N) is 1. The summed E-state index contributed by atoms with van der Waals surface area (Å²) in [6, 6.07) is 7.05. The summed E-state index contributed by atoms with van der Waals surface area (Å²) in [7, 11) is 0. The third-order valence-corrected chi connectivity index (χ3v) is 2.14. The summed E-state index contributed by atoms with van der Waals surface area (Å²) in [6.45, 7) is 3.98. The number of ether oxygens (including phenoxy) is 1. The Morgan fingerprint density at radius 1 is 1.33 bits per heavy atom. The maximum absolute atomic E-state index is 11.4. The van der Waals surface area contributed by atoms with Crippen molar-refractivity contribution in [3.05, 3.63) is 35.9 Å². The summed E-state index contributed by atoms with van der Waals surface area (Å²) in [5.41, 5.74) is 0.694. The van der Waals surface area contributed by atoms with E-state index in [2.05, 4.69) is 5.32 Å². The van der Waals surface area contributed by atoms with Crippen LogP contribution in [0.5, 0.6) is 5.75 Å². The zero-order valence-corrected chi connectivity index (χ0v) is 10.6. The molecule has 0 unspecified atom stereocenters. The van der Waals surface area contributed by atoms with Crippen LogP contribution >= 0.6 is 0 Å². The molecule has 0 aromatic heterocycles. The maximum atomic E-state index is 11.4. The van der Waals surface area contributed by atoms with Crippen molar-refractivity contribution in [2.75, 3.05) is 6.54 Å². The highest BCUT2D eigenvalue weighted by molar-refractivity contribution is 5.92. The fraction of sp³-hybridized carbons (Fsp3) is 0.286. The number of amides is 1. The molecule has 0 saturated carbocycles. The monoisotopic (exact) mass is 247 g/mol. The Kier molecular flexibility index (Phi) is 5.64. The summed E-state index contributed by atoms with van der Waals surface area (Å²) in [5.74, 6) is -0.0923. The zero-order valence-electron chi connectivity index (χ0n) is 10.6. The molecule has 0 atom stereocenters. The fourth-order valence-electron chi connectivity index (χ4n) is 1.34. The van der Waals surface area contributed by atoms with Crippen LogP contribution < -0.4 is 10.1 Å². The van der Waals surface area contributed by atoms with Gasteiger partial charge in [0.2, 0.25) is 5.91 Å². The highest BCUT2D eigenvalue weighted by atomic mass is 16.5. The Morgan fingerprint density at radius 3 is 2.72 bits per heavy atom. The summed E-state index contributed by atoms with van der Waals surface area (Å²) in [4.78, 5) is 22.3. The Bertz CT molecular complexity index is 452. The molecule has 1 amide bonds. The van der Waals surface area contributed by atoms with Gasteiger partial charge < -0.3 is 10.1 Å². The first-order chi connectivity index (χ1) is 8.63. The molecule has 0 fully saturated rings. The van der Waals surface area contributed by atoms with E-state index in [1.807, 2.05) is 13.0 Å². The van der Waals surface area contributed by atoms with E-state index < -0.39 is 0 Å². The predicted octanol–water partition coefficient (Wildman–Crippen LogP) is 2.15. The number of para-hydroxylation sites is 1. The largest absolute Gasteiger partial charge is 0.426 e. The molecule has 0 aliphatic heterocycles. The first-order valence-corrected chi connectivity index (χ1v) is 5.87. The van der Waals surface area contributed by atoms with E-state index in [-0.39, 0.29) is 11.9 Å². The number of hydrogen-bond acceptors (Lipinski definition) is 3. The summed E-state index contributed by atoms with van der Waals surface area (Å²) in [5, 5.41) is 2.73. The third kappa shape index (κ3) is 4.82. The van der Waals surface area contributed by atoms with Gasteiger partial charge in [-0.05, 0) is 18.6 Å². The zero-order chi connectivity index (χ0) is 13.4. The van der Waals surface area contributed by atoms with E-state index in [0.29, 0.717) is 17.9 Å². The first kappa shape index (κ1) is 14.0. The molecule has 0 aliphatic carbocycles. The number of hydrogen-bond donors (Lipinski definition) is 1. The van der Waals surface area contributed by atoms with Crippen LogP contribution in [0.3, 0.4) is 0 Å². The Hall–Kier alpha value is -2.10. The van der Waals surface area contributed by atoms with Gasteiger partial charge in [-0.3, -0.25) is 9.59 Å². The number of rotatable bonds is 5. The van der Waals surface area contributed by atoms with Crippen molar-refractivity contribution < 1.29 is 14.3 Å². The maximum Gasteiger partial charge on any atom is 0.308 e. The van der Waals surface area contributed by atoms with Gasteiger partial charge in [0.1, 0.15) is 5.75 Å². The van der Waals surface area contributed by atoms with E-state index in [1.165, 1.54) is 13.0 Å². The van der Waals surface area contributed by atoms with Crippen molar-refractivity contribution in [2.24, 2.45) is 0 Å². The van der Waals surface area contributed by atoms with Gasteiger partial charge in [-0.1, -0.05) is 25.1 Å². The van der Waals surface area contributed by atoms with Gasteiger partial charge in [0, 0.05) is 25.1 Å². The van der Waals surface area contributed by atoms with Crippen LogP contribution in [0.15, 0.2) is 30.3 Å². The van der Waals surface area contributed by atoms with Gasteiger partial charge in [-0.15, -0.1) is 0 Å².